The van der Waals surface area contributed by atoms with Gasteiger partial charge in [-0.15, -0.1) is 0 Å². The minimum Gasteiger partial charge on any atom is -0.493 e. The average Bonchev–Trinajstić information content (AvgIpc) is 3.48. The first-order valence-corrected chi connectivity index (χ1v) is 12.4. The zero-order chi connectivity index (χ0) is 21.6. The van der Waals surface area contributed by atoms with E-state index in [1.54, 1.807) is 7.11 Å². The smallest absolute Gasteiger partial charge is 0.163 e. The van der Waals surface area contributed by atoms with Gasteiger partial charge in [-0.1, -0.05) is 26.7 Å². The molecule has 31 heavy (non-hydrogen) atoms. The number of rotatable bonds is 11. The van der Waals surface area contributed by atoms with E-state index >= 15 is 0 Å². The molecule has 0 aliphatic heterocycles. The molecule has 0 spiro atoms. The summed E-state index contributed by atoms with van der Waals surface area (Å²) in [6, 6.07) is 4.82. The third kappa shape index (κ3) is 5.08. The van der Waals surface area contributed by atoms with Crippen molar-refractivity contribution in [2.24, 2.45) is 0 Å². The molecule has 0 saturated heterocycles. The van der Waals surface area contributed by atoms with Crippen molar-refractivity contribution in [3.05, 3.63) is 23.3 Å². The predicted molar refractivity (Wildman–Crippen MR) is 129 cm³/mol. The first-order chi connectivity index (χ1) is 15.2. The van der Waals surface area contributed by atoms with Crippen LogP contribution >= 0.6 is 0 Å². The fraction of sp³-hybridized carbons (Fsp3) is 0.654. The number of pyridine rings is 1. The molecule has 1 heterocycles. The molecule has 2 aliphatic rings. The highest BCUT2D eigenvalue weighted by molar-refractivity contribution is 5.89. The standard InChI is InChI=1S/C26H39N3O2/c1-4-14-29(5-2)15-9-16-31-25-18-23-22(17-24(25)30-3)20-12-8-13-21(20)26(28-23)27-19-10-6-7-11-19/h17-19H,4-16H2,1-3H3,(H,27,28). The Morgan fingerprint density at radius 1 is 1.03 bits per heavy atom. The van der Waals surface area contributed by atoms with Crippen LogP contribution in [0.1, 0.15) is 69.9 Å². The van der Waals surface area contributed by atoms with Gasteiger partial charge in [0.1, 0.15) is 5.82 Å². The molecule has 2 aromatic rings. The molecular weight excluding hydrogens is 386 g/mol. The highest BCUT2D eigenvalue weighted by Gasteiger charge is 2.24. The van der Waals surface area contributed by atoms with E-state index in [0.29, 0.717) is 12.6 Å². The van der Waals surface area contributed by atoms with Gasteiger partial charge in [-0.3, -0.25) is 0 Å². The van der Waals surface area contributed by atoms with Gasteiger partial charge in [0.15, 0.2) is 11.5 Å². The Morgan fingerprint density at radius 3 is 2.58 bits per heavy atom. The molecular formula is C26H39N3O2. The van der Waals surface area contributed by atoms with Crippen LogP contribution in [0.25, 0.3) is 10.9 Å². The molecule has 0 bridgehead atoms. The van der Waals surface area contributed by atoms with Gasteiger partial charge in [-0.05, 0) is 75.2 Å². The summed E-state index contributed by atoms with van der Waals surface area (Å²) in [4.78, 5) is 7.56. The molecule has 1 aromatic carbocycles. The quantitative estimate of drug-likeness (QED) is 0.476. The SMILES string of the molecule is CCCN(CC)CCCOc1cc2nc(NC3CCCC3)c3c(c2cc1OC)CCC3. The van der Waals surface area contributed by atoms with Crippen molar-refractivity contribution in [2.45, 2.75) is 77.7 Å². The minimum absolute atomic E-state index is 0.577. The van der Waals surface area contributed by atoms with Crippen molar-refractivity contribution < 1.29 is 9.47 Å². The summed E-state index contributed by atoms with van der Waals surface area (Å²) in [6.45, 7) is 8.48. The Labute approximate surface area is 187 Å². The lowest BCUT2D eigenvalue weighted by Gasteiger charge is -2.20. The Hall–Kier alpha value is -2.01. The van der Waals surface area contributed by atoms with Crippen LogP contribution < -0.4 is 14.8 Å². The minimum atomic E-state index is 0.577. The number of aryl methyl sites for hydroxylation is 1. The van der Waals surface area contributed by atoms with Crippen molar-refractivity contribution in [1.29, 1.82) is 0 Å². The van der Waals surface area contributed by atoms with Crippen LogP contribution in [-0.2, 0) is 12.8 Å². The first kappa shape index (κ1) is 22.2. The molecule has 1 aromatic heterocycles. The maximum Gasteiger partial charge on any atom is 0.163 e. The lowest BCUT2D eigenvalue weighted by molar-refractivity contribution is 0.236. The van der Waals surface area contributed by atoms with Crippen LogP contribution in [0.5, 0.6) is 11.5 Å². The number of hydrogen-bond acceptors (Lipinski definition) is 5. The zero-order valence-corrected chi connectivity index (χ0v) is 19.6. The Morgan fingerprint density at radius 2 is 1.84 bits per heavy atom. The number of nitrogens with one attached hydrogen (secondary N) is 1. The monoisotopic (exact) mass is 425 g/mol. The topological polar surface area (TPSA) is 46.6 Å². The van der Waals surface area contributed by atoms with Crippen LogP contribution in [0, 0.1) is 0 Å². The number of methoxy groups -OCH3 is 1. The zero-order valence-electron chi connectivity index (χ0n) is 19.6. The molecule has 1 N–H and O–H groups in total. The van der Waals surface area contributed by atoms with Gasteiger partial charge in [0.05, 0.1) is 19.2 Å². The van der Waals surface area contributed by atoms with Gasteiger partial charge in [-0.2, -0.15) is 0 Å². The van der Waals surface area contributed by atoms with E-state index in [2.05, 4.69) is 36.2 Å². The molecule has 1 saturated carbocycles. The molecule has 0 amide bonds. The molecule has 5 heteroatoms. The fourth-order valence-corrected chi connectivity index (χ4v) is 5.24. The Balaban J connectivity index is 1.54. The molecule has 1 fully saturated rings. The largest absolute Gasteiger partial charge is 0.493 e. The first-order valence-electron chi connectivity index (χ1n) is 12.4. The third-order valence-corrected chi connectivity index (χ3v) is 6.90. The van der Waals surface area contributed by atoms with E-state index in [1.807, 2.05) is 0 Å². The second kappa shape index (κ2) is 10.5. The number of nitrogens with zero attached hydrogens (tertiary/aromatic N) is 2. The number of ether oxygens (including phenoxy) is 2. The molecule has 0 atom stereocenters. The van der Waals surface area contributed by atoms with Crippen molar-refractivity contribution in [3.8, 4) is 11.5 Å². The molecule has 2 aliphatic carbocycles. The van der Waals surface area contributed by atoms with Crippen LogP contribution in [0.3, 0.4) is 0 Å². The highest BCUT2D eigenvalue weighted by atomic mass is 16.5. The van der Waals surface area contributed by atoms with Crippen molar-refractivity contribution in [1.82, 2.24) is 9.88 Å². The summed E-state index contributed by atoms with van der Waals surface area (Å²) < 4.78 is 11.9. The maximum atomic E-state index is 6.19. The van der Waals surface area contributed by atoms with Crippen LogP contribution in [0.4, 0.5) is 5.82 Å². The normalized spacial score (nSPS) is 16.3. The summed E-state index contributed by atoms with van der Waals surface area (Å²) in [7, 11) is 1.73. The van der Waals surface area contributed by atoms with Gasteiger partial charge in [0, 0.05) is 24.0 Å². The van der Waals surface area contributed by atoms with E-state index in [4.69, 9.17) is 14.5 Å². The summed E-state index contributed by atoms with van der Waals surface area (Å²) in [5.74, 6) is 2.74. The Kier molecular flexibility index (Phi) is 7.54. The second-order valence-corrected chi connectivity index (χ2v) is 9.05. The van der Waals surface area contributed by atoms with Crippen LogP contribution in [0.2, 0.25) is 0 Å². The van der Waals surface area contributed by atoms with Gasteiger partial charge < -0.3 is 19.7 Å². The molecule has 0 radical (unpaired) electrons. The van der Waals surface area contributed by atoms with E-state index in [9.17, 15) is 0 Å². The summed E-state index contributed by atoms with van der Waals surface area (Å²) >= 11 is 0. The van der Waals surface area contributed by atoms with Crippen LogP contribution in [0.15, 0.2) is 12.1 Å². The van der Waals surface area contributed by atoms with Crippen molar-refractivity contribution >= 4 is 16.7 Å². The van der Waals surface area contributed by atoms with Gasteiger partial charge in [0.25, 0.3) is 0 Å². The number of aromatic nitrogens is 1. The number of hydrogen-bond donors (Lipinski definition) is 1. The van der Waals surface area contributed by atoms with Gasteiger partial charge in [-0.25, -0.2) is 4.98 Å². The van der Waals surface area contributed by atoms with Crippen LogP contribution in [-0.4, -0.2) is 49.3 Å². The van der Waals surface area contributed by atoms with E-state index in [0.717, 1.165) is 61.7 Å². The molecule has 170 valence electrons. The summed E-state index contributed by atoms with van der Waals surface area (Å²) in [5, 5.41) is 5.01. The van der Waals surface area contributed by atoms with Crippen molar-refractivity contribution in [3.63, 3.8) is 0 Å². The lowest BCUT2D eigenvalue weighted by Crippen LogP contribution is -2.26. The van der Waals surface area contributed by atoms with E-state index in [1.165, 1.54) is 55.0 Å². The number of benzene rings is 1. The summed E-state index contributed by atoms with van der Waals surface area (Å²) in [6.07, 6.45) is 10.9. The maximum absolute atomic E-state index is 6.19. The average molecular weight is 426 g/mol. The predicted octanol–water partition coefficient (Wildman–Crippen LogP) is 5.59. The van der Waals surface area contributed by atoms with Gasteiger partial charge in [0.2, 0.25) is 0 Å². The van der Waals surface area contributed by atoms with Crippen molar-refractivity contribution in [2.75, 3.05) is 38.7 Å². The number of anilines is 1. The highest BCUT2D eigenvalue weighted by Crippen LogP contribution is 2.39. The van der Waals surface area contributed by atoms with Gasteiger partial charge >= 0.3 is 0 Å². The van der Waals surface area contributed by atoms with E-state index < -0.39 is 0 Å². The second-order valence-electron chi connectivity index (χ2n) is 9.05. The fourth-order valence-electron chi connectivity index (χ4n) is 5.24. The summed E-state index contributed by atoms with van der Waals surface area (Å²) in [5.41, 5.74) is 3.90. The third-order valence-electron chi connectivity index (χ3n) is 6.90. The molecule has 5 nitrogen and oxygen atoms in total. The Bertz CT molecular complexity index is 877. The van der Waals surface area contributed by atoms with E-state index in [-0.39, 0.29) is 0 Å². The lowest BCUT2D eigenvalue weighted by atomic mass is 10.0. The number of fused-ring (bicyclic) bond motifs is 3. The molecule has 0 unspecified atom stereocenters. The molecule has 4 rings (SSSR count).